The van der Waals surface area contributed by atoms with Gasteiger partial charge in [-0.05, 0) is 18.6 Å². The predicted octanol–water partition coefficient (Wildman–Crippen LogP) is 3.51. The lowest BCUT2D eigenvalue weighted by Crippen LogP contribution is -2.22. The van der Waals surface area contributed by atoms with Gasteiger partial charge in [0.2, 0.25) is 0 Å². The highest BCUT2D eigenvalue weighted by Gasteiger charge is 2.35. The molecule has 0 amide bonds. The van der Waals surface area contributed by atoms with Crippen molar-refractivity contribution in [2.45, 2.75) is 6.92 Å². The van der Waals surface area contributed by atoms with Gasteiger partial charge in [0.1, 0.15) is 17.2 Å². The molecule has 0 spiro atoms. The number of benzene rings is 4. The van der Waals surface area contributed by atoms with Gasteiger partial charge in [-0.1, -0.05) is 48.5 Å². The van der Waals surface area contributed by atoms with Gasteiger partial charge < -0.3 is 26.8 Å². The van der Waals surface area contributed by atoms with Gasteiger partial charge in [-0.15, -0.1) is 0 Å². The fourth-order valence-electron chi connectivity index (χ4n) is 4.71. The molecular formula is C29H20N2O7. The van der Waals surface area contributed by atoms with E-state index in [2.05, 4.69) is 0 Å². The summed E-state index contributed by atoms with van der Waals surface area (Å²) in [6, 6.07) is 15.2. The maximum atomic E-state index is 12.4. The molecule has 0 fully saturated rings. The zero-order valence-electron chi connectivity index (χ0n) is 19.9. The second-order valence-corrected chi connectivity index (χ2v) is 8.86. The van der Waals surface area contributed by atoms with E-state index >= 15 is 0 Å². The smallest absolute Gasteiger partial charge is 0.198 e. The number of carbonyl (C=O) groups is 4. The van der Waals surface area contributed by atoms with Crippen molar-refractivity contribution < 1.29 is 34.5 Å². The molecule has 0 heterocycles. The van der Waals surface area contributed by atoms with Crippen LogP contribution < -0.4 is 11.5 Å². The van der Waals surface area contributed by atoms with Crippen LogP contribution in [-0.4, -0.2) is 38.5 Å². The Bertz CT molecular complexity index is 1630. The summed E-state index contributed by atoms with van der Waals surface area (Å²) in [5, 5.41) is 29.3. The van der Waals surface area contributed by atoms with Gasteiger partial charge in [-0.3, -0.25) is 19.2 Å². The zero-order valence-corrected chi connectivity index (χ0v) is 19.9. The molecule has 0 saturated heterocycles. The summed E-state index contributed by atoms with van der Waals surface area (Å²) >= 11 is 0. The maximum Gasteiger partial charge on any atom is 0.198 e. The molecule has 4 aromatic carbocycles. The monoisotopic (exact) mass is 508 g/mol. The van der Waals surface area contributed by atoms with E-state index in [0.29, 0.717) is 16.7 Å². The first kappa shape index (κ1) is 24.3. The molecule has 2 aliphatic carbocycles. The molecule has 9 heteroatoms. The van der Waals surface area contributed by atoms with Crippen molar-refractivity contribution in [2.75, 3.05) is 11.5 Å². The second kappa shape index (κ2) is 8.59. The first-order valence-corrected chi connectivity index (χ1v) is 11.4. The van der Waals surface area contributed by atoms with E-state index in [9.17, 15) is 34.5 Å². The van der Waals surface area contributed by atoms with E-state index < -0.39 is 23.1 Å². The molecule has 0 atom stereocenters. The van der Waals surface area contributed by atoms with Gasteiger partial charge in [0, 0.05) is 34.0 Å². The third-order valence-electron chi connectivity index (χ3n) is 6.62. The Balaban J connectivity index is 0.000000155. The van der Waals surface area contributed by atoms with Gasteiger partial charge in [-0.25, -0.2) is 0 Å². The predicted molar refractivity (Wildman–Crippen MR) is 138 cm³/mol. The van der Waals surface area contributed by atoms with Crippen molar-refractivity contribution in [1.29, 1.82) is 0 Å². The van der Waals surface area contributed by atoms with Crippen molar-refractivity contribution in [1.82, 2.24) is 0 Å². The summed E-state index contributed by atoms with van der Waals surface area (Å²) in [5.74, 6) is -2.71. The average molecular weight is 508 g/mol. The number of carbonyl (C=O) groups excluding carboxylic acids is 4. The van der Waals surface area contributed by atoms with Gasteiger partial charge in [0.15, 0.2) is 23.1 Å². The van der Waals surface area contributed by atoms with E-state index in [1.807, 2.05) is 0 Å². The Kier molecular flexibility index (Phi) is 5.49. The normalized spacial score (nSPS) is 13.1. The molecule has 0 saturated carbocycles. The van der Waals surface area contributed by atoms with E-state index in [0.717, 1.165) is 6.07 Å². The van der Waals surface area contributed by atoms with E-state index in [1.165, 1.54) is 18.2 Å². The number of ketones is 4. The molecule has 188 valence electrons. The zero-order chi connectivity index (χ0) is 27.5. The number of nitrogens with two attached hydrogens (primary N) is 2. The summed E-state index contributed by atoms with van der Waals surface area (Å²) in [5.41, 5.74) is 13.1. The number of rotatable bonds is 0. The number of anilines is 2. The molecule has 0 radical (unpaired) electrons. The highest BCUT2D eigenvalue weighted by molar-refractivity contribution is 6.32. The van der Waals surface area contributed by atoms with Gasteiger partial charge in [0.25, 0.3) is 0 Å². The summed E-state index contributed by atoms with van der Waals surface area (Å²) in [7, 11) is 0. The van der Waals surface area contributed by atoms with Crippen LogP contribution in [0.2, 0.25) is 0 Å². The lowest BCUT2D eigenvalue weighted by atomic mass is 9.82. The minimum absolute atomic E-state index is 0.00630. The number of phenols is 3. The first-order valence-electron chi connectivity index (χ1n) is 11.4. The van der Waals surface area contributed by atoms with Crippen LogP contribution in [0.1, 0.15) is 69.2 Å². The van der Waals surface area contributed by atoms with E-state index in [4.69, 9.17) is 11.5 Å². The number of hydrogen-bond donors (Lipinski definition) is 5. The third kappa shape index (κ3) is 3.40. The fourth-order valence-corrected chi connectivity index (χ4v) is 4.71. The van der Waals surface area contributed by atoms with Crippen molar-refractivity contribution in [3.8, 4) is 17.2 Å². The quantitative estimate of drug-likeness (QED) is 0.116. The molecule has 38 heavy (non-hydrogen) atoms. The van der Waals surface area contributed by atoms with Crippen molar-refractivity contribution >= 4 is 34.5 Å². The Hall–Kier alpha value is -5.44. The highest BCUT2D eigenvalue weighted by atomic mass is 16.3. The molecule has 0 aliphatic heterocycles. The van der Waals surface area contributed by atoms with Crippen LogP contribution in [0.15, 0.2) is 60.7 Å². The molecule has 0 aromatic heterocycles. The number of nitrogen functional groups attached to an aromatic ring is 2. The van der Waals surface area contributed by atoms with Crippen LogP contribution in [0.4, 0.5) is 11.4 Å². The molecule has 6 rings (SSSR count). The van der Waals surface area contributed by atoms with Gasteiger partial charge >= 0.3 is 0 Å². The highest BCUT2D eigenvalue weighted by Crippen LogP contribution is 2.40. The second-order valence-electron chi connectivity index (χ2n) is 8.86. The standard InChI is InChI=1S/C15H11NO3.C14H9NO4/c1-7-6-10(17)11-12(13(7)16)15(19)9-5-3-2-4-8(9)14(11)18;15-12-9(17)5-8(16)10-11(12)14(19)7-4-2-1-3-6(7)13(10)18/h2-6,17H,16H2,1H3;1-5,16-17H,15H2. The first-order chi connectivity index (χ1) is 18.0. The SMILES string of the molecule is Cc1cc(O)c2c(c1N)C(=O)c1ccccc1C2=O.Nc1c(O)cc(O)c2c1C(=O)c1ccccc1C2=O. The summed E-state index contributed by atoms with van der Waals surface area (Å²) < 4.78 is 0. The number of fused-ring (bicyclic) bond motifs is 4. The van der Waals surface area contributed by atoms with Crippen LogP contribution in [-0.2, 0) is 0 Å². The molecule has 7 N–H and O–H groups in total. The fraction of sp³-hybridized carbons (Fsp3) is 0.0345. The summed E-state index contributed by atoms with van der Waals surface area (Å²) in [6.45, 7) is 1.69. The lowest BCUT2D eigenvalue weighted by Gasteiger charge is -2.20. The van der Waals surface area contributed by atoms with Crippen molar-refractivity contribution in [2.24, 2.45) is 0 Å². The van der Waals surface area contributed by atoms with E-state index in [-0.39, 0.29) is 62.1 Å². The maximum absolute atomic E-state index is 12.4. The number of aromatic hydroxyl groups is 3. The van der Waals surface area contributed by atoms with Crippen molar-refractivity contribution in [3.05, 3.63) is 111 Å². The Morgan fingerprint density at radius 3 is 1.26 bits per heavy atom. The van der Waals surface area contributed by atoms with Crippen LogP contribution in [0.3, 0.4) is 0 Å². The average Bonchev–Trinajstić information content (AvgIpc) is 2.90. The number of hydrogen-bond acceptors (Lipinski definition) is 9. The van der Waals surface area contributed by atoms with Crippen LogP contribution in [0.5, 0.6) is 17.2 Å². The van der Waals surface area contributed by atoms with E-state index in [1.54, 1.807) is 43.3 Å². The minimum Gasteiger partial charge on any atom is -0.507 e. The summed E-state index contributed by atoms with van der Waals surface area (Å²) in [4.78, 5) is 49.4. The molecule has 2 aliphatic rings. The molecule has 4 aromatic rings. The topological polar surface area (TPSA) is 181 Å². The molecular weight excluding hydrogens is 488 g/mol. The third-order valence-corrected chi connectivity index (χ3v) is 6.62. The molecule has 0 bridgehead atoms. The van der Waals surface area contributed by atoms with Crippen LogP contribution in [0, 0.1) is 6.92 Å². The number of phenolic OH excluding ortho intramolecular Hbond substituents is 3. The largest absolute Gasteiger partial charge is 0.507 e. The lowest BCUT2D eigenvalue weighted by molar-refractivity contribution is 0.0977. The van der Waals surface area contributed by atoms with Crippen LogP contribution >= 0.6 is 0 Å². The molecule has 9 nitrogen and oxygen atoms in total. The Labute approximate surface area is 215 Å². The van der Waals surface area contributed by atoms with Gasteiger partial charge in [0.05, 0.1) is 27.9 Å². The number of aryl methyl sites for hydroxylation is 1. The minimum atomic E-state index is -0.478. The van der Waals surface area contributed by atoms with Gasteiger partial charge in [-0.2, -0.15) is 0 Å². The van der Waals surface area contributed by atoms with Crippen molar-refractivity contribution in [3.63, 3.8) is 0 Å². The van der Waals surface area contributed by atoms with Crippen LogP contribution in [0.25, 0.3) is 0 Å². The summed E-state index contributed by atoms with van der Waals surface area (Å²) in [6.07, 6.45) is 0. The Morgan fingerprint density at radius 2 is 0.842 bits per heavy atom. The Morgan fingerprint density at radius 1 is 0.500 bits per heavy atom. The molecule has 0 unspecified atom stereocenters.